The second kappa shape index (κ2) is 4.55. The molecule has 0 saturated carbocycles. The molecule has 0 spiro atoms. The summed E-state index contributed by atoms with van der Waals surface area (Å²) in [4.78, 5) is 17.5. The lowest BCUT2D eigenvalue weighted by Gasteiger charge is -2.09. The van der Waals surface area contributed by atoms with Crippen LogP contribution in [0.25, 0.3) is 0 Å². The minimum Gasteiger partial charge on any atom is -0.339 e. The third-order valence-electron chi connectivity index (χ3n) is 2.24. The van der Waals surface area contributed by atoms with Gasteiger partial charge in [-0.15, -0.1) is 0 Å². The highest BCUT2D eigenvalue weighted by Crippen LogP contribution is 2.22. The van der Waals surface area contributed by atoms with Gasteiger partial charge in [0, 0.05) is 5.69 Å². The zero-order valence-electron chi connectivity index (χ0n) is 8.92. The Kier molecular flexibility index (Phi) is 3.10. The van der Waals surface area contributed by atoms with E-state index < -0.39 is 5.56 Å². The molecule has 2 aromatic rings. The second-order valence-corrected chi connectivity index (χ2v) is 3.86. The number of aromatic nitrogens is 2. The molecule has 0 amide bonds. The van der Waals surface area contributed by atoms with Crippen LogP contribution in [0.2, 0.25) is 5.02 Å². The Morgan fingerprint density at radius 3 is 2.94 bits per heavy atom. The molecular weight excluding hydrogens is 245 g/mol. The predicted molar refractivity (Wildman–Crippen MR) is 64.3 cm³/mol. The van der Waals surface area contributed by atoms with Gasteiger partial charge >= 0.3 is 0 Å². The zero-order valence-corrected chi connectivity index (χ0v) is 9.68. The van der Waals surface area contributed by atoms with E-state index in [0.29, 0.717) is 11.3 Å². The molecule has 1 aromatic heterocycles. The first kappa shape index (κ1) is 11.6. The topological polar surface area (TPSA) is 57.8 Å². The Bertz CT molecular complexity index is 612. The van der Waals surface area contributed by atoms with Crippen LogP contribution in [0.3, 0.4) is 0 Å². The number of anilines is 2. The smallest absolute Gasteiger partial charge is 0.271 e. The number of hydrogen-bond donors (Lipinski definition) is 2. The third kappa shape index (κ3) is 2.45. The van der Waals surface area contributed by atoms with E-state index in [1.54, 1.807) is 13.0 Å². The fourth-order valence-electron chi connectivity index (χ4n) is 1.37. The number of halogens is 2. The Balaban J connectivity index is 2.38. The SMILES string of the molecule is Cc1cc(F)ccc1Nc1nc[nH]c(=O)c1Cl. The monoisotopic (exact) mass is 253 g/mol. The van der Waals surface area contributed by atoms with Crippen LogP contribution >= 0.6 is 11.6 Å². The normalized spacial score (nSPS) is 10.3. The summed E-state index contributed by atoms with van der Waals surface area (Å²) >= 11 is 5.78. The molecule has 0 aliphatic heterocycles. The number of nitrogens with one attached hydrogen (secondary N) is 2. The zero-order chi connectivity index (χ0) is 12.4. The summed E-state index contributed by atoms with van der Waals surface area (Å²) in [7, 11) is 0. The first-order valence-electron chi connectivity index (χ1n) is 4.84. The van der Waals surface area contributed by atoms with Gasteiger partial charge in [0.15, 0.2) is 5.82 Å². The maximum atomic E-state index is 12.9. The van der Waals surface area contributed by atoms with Crippen LogP contribution in [0.15, 0.2) is 29.3 Å². The van der Waals surface area contributed by atoms with E-state index >= 15 is 0 Å². The van der Waals surface area contributed by atoms with Crippen molar-refractivity contribution < 1.29 is 4.39 Å². The van der Waals surface area contributed by atoms with Crippen molar-refractivity contribution in [3.8, 4) is 0 Å². The van der Waals surface area contributed by atoms with Crippen LogP contribution < -0.4 is 10.9 Å². The fraction of sp³-hybridized carbons (Fsp3) is 0.0909. The summed E-state index contributed by atoms with van der Waals surface area (Å²) in [6.07, 6.45) is 1.25. The summed E-state index contributed by atoms with van der Waals surface area (Å²) in [5.41, 5.74) is 0.915. The Labute approximate surface area is 101 Å². The summed E-state index contributed by atoms with van der Waals surface area (Å²) < 4.78 is 12.9. The van der Waals surface area contributed by atoms with Crippen molar-refractivity contribution >= 4 is 23.1 Å². The molecule has 2 N–H and O–H groups in total. The molecule has 0 atom stereocenters. The van der Waals surface area contributed by atoms with Crippen molar-refractivity contribution in [2.45, 2.75) is 6.92 Å². The number of rotatable bonds is 2. The highest BCUT2D eigenvalue weighted by atomic mass is 35.5. The number of hydrogen-bond acceptors (Lipinski definition) is 3. The van der Waals surface area contributed by atoms with Crippen molar-refractivity contribution in [1.29, 1.82) is 0 Å². The maximum Gasteiger partial charge on any atom is 0.271 e. The summed E-state index contributed by atoms with van der Waals surface area (Å²) in [6.45, 7) is 1.74. The van der Waals surface area contributed by atoms with E-state index in [2.05, 4.69) is 15.3 Å². The molecule has 0 unspecified atom stereocenters. The lowest BCUT2D eigenvalue weighted by atomic mass is 10.2. The Morgan fingerprint density at radius 2 is 2.24 bits per heavy atom. The van der Waals surface area contributed by atoms with Crippen LogP contribution in [0.5, 0.6) is 0 Å². The van der Waals surface area contributed by atoms with Crippen LogP contribution in [0, 0.1) is 12.7 Å². The minimum absolute atomic E-state index is 0.0313. The molecule has 1 heterocycles. The average molecular weight is 254 g/mol. The van der Waals surface area contributed by atoms with Gasteiger partial charge in [0.05, 0.1) is 6.33 Å². The first-order chi connectivity index (χ1) is 8.08. The maximum absolute atomic E-state index is 12.9. The second-order valence-electron chi connectivity index (χ2n) is 3.48. The molecule has 1 aromatic carbocycles. The van der Waals surface area contributed by atoms with Crippen molar-refractivity contribution in [2.75, 3.05) is 5.32 Å². The van der Waals surface area contributed by atoms with Gasteiger partial charge in [-0.25, -0.2) is 9.37 Å². The van der Waals surface area contributed by atoms with Crippen molar-refractivity contribution in [3.63, 3.8) is 0 Å². The molecule has 0 radical (unpaired) electrons. The van der Waals surface area contributed by atoms with Gasteiger partial charge in [-0.2, -0.15) is 0 Å². The van der Waals surface area contributed by atoms with E-state index in [-0.39, 0.29) is 16.7 Å². The molecule has 0 saturated heterocycles. The number of H-pyrrole nitrogens is 1. The van der Waals surface area contributed by atoms with Gasteiger partial charge in [-0.1, -0.05) is 11.6 Å². The Hall–Kier alpha value is -1.88. The number of aryl methyl sites for hydroxylation is 1. The van der Waals surface area contributed by atoms with Gasteiger partial charge < -0.3 is 10.3 Å². The number of benzene rings is 1. The molecule has 0 bridgehead atoms. The molecular formula is C11H9ClFN3O. The number of nitrogens with zero attached hydrogens (tertiary/aromatic N) is 1. The van der Waals surface area contributed by atoms with E-state index in [1.807, 2.05) is 0 Å². The molecule has 2 rings (SSSR count). The molecule has 88 valence electrons. The highest BCUT2D eigenvalue weighted by Gasteiger charge is 2.07. The van der Waals surface area contributed by atoms with Crippen LogP contribution in [-0.2, 0) is 0 Å². The quantitative estimate of drug-likeness (QED) is 0.865. The van der Waals surface area contributed by atoms with Gasteiger partial charge in [-0.3, -0.25) is 4.79 Å². The van der Waals surface area contributed by atoms with E-state index in [1.165, 1.54) is 18.5 Å². The van der Waals surface area contributed by atoms with Crippen LogP contribution in [-0.4, -0.2) is 9.97 Å². The molecule has 0 aliphatic rings. The largest absolute Gasteiger partial charge is 0.339 e. The summed E-state index contributed by atoms with van der Waals surface area (Å²) in [5.74, 6) is -0.0804. The lowest BCUT2D eigenvalue weighted by molar-refractivity contribution is 0.627. The van der Waals surface area contributed by atoms with Crippen molar-refractivity contribution in [3.05, 3.63) is 51.3 Å². The van der Waals surface area contributed by atoms with Crippen LogP contribution in [0.1, 0.15) is 5.56 Å². The van der Waals surface area contributed by atoms with E-state index in [0.717, 1.165) is 0 Å². The molecule has 4 nitrogen and oxygen atoms in total. The van der Waals surface area contributed by atoms with Gasteiger partial charge in [0.2, 0.25) is 0 Å². The molecule has 6 heteroatoms. The molecule has 17 heavy (non-hydrogen) atoms. The van der Waals surface area contributed by atoms with Gasteiger partial charge in [0.1, 0.15) is 10.8 Å². The molecule has 0 fully saturated rings. The van der Waals surface area contributed by atoms with Crippen molar-refractivity contribution in [2.24, 2.45) is 0 Å². The summed E-state index contributed by atoms with van der Waals surface area (Å²) in [5, 5.41) is 2.85. The lowest BCUT2D eigenvalue weighted by Crippen LogP contribution is -2.10. The number of aromatic amines is 1. The minimum atomic E-state index is -0.427. The Morgan fingerprint density at radius 1 is 1.47 bits per heavy atom. The predicted octanol–water partition coefficient (Wildman–Crippen LogP) is 2.61. The fourth-order valence-corrected chi connectivity index (χ4v) is 1.52. The summed E-state index contributed by atoms with van der Waals surface area (Å²) in [6, 6.07) is 4.25. The van der Waals surface area contributed by atoms with E-state index in [9.17, 15) is 9.18 Å². The first-order valence-corrected chi connectivity index (χ1v) is 5.22. The van der Waals surface area contributed by atoms with Crippen molar-refractivity contribution in [1.82, 2.24) is 9.97 Å². The average Bonchev–Trinajstić information content (AvgIpc) is 2.28. The third-order valence-corrected chi connectivity index (χ3v) is 2.59. The van der Waals surface area contributed by atoms with E-state index in [4.69, 9.17) is 11.6 Å². The highest BCUT2D eigenvalue weighted by molar-refractivity contribution is 6.32. The standard InChI is InChI=1S/C11H9ClFN3O/c1-6-4-7(13)2-3-8(6)16-10-9(12)11(17)15-5-14-10/h2-5H,1H3,(H2,14,15,16,17). The van der Waals surface area contributed by atoms with Gasteiger partial charge in [0.25, 0.3) is 5.56 Å². The van der Waals surface area contributed by atoms with Gasteiger partial charge in [-0.05, 0) is 30.7 Å². The van der Waals surface area contributed by atoms with Crippen LogP contribution in [0.4, 0.5) is 15.9 Å². The molecule has 0 aliphatic carbocycles.